The third kappa shape index (κ3) is 52.1. The number of hydrogen-bond donors (Lipinski definition) is 2. The Morgan fingerprint density at radius 1 is 0.496 bits per heavy atom. The number of nitrogens with zero attached hydrogens (tertiary/aromatic N) is 17. The molecule has 0 amide bonds. The SMILES string of the molecule is C.C.C1CCOC1.CC(=O)c1cnc(Cl)cn1.CC(=O)c1cnc(Cl)cn1.CC(=O)c1cnc(F)cn1.CC(=O)c1cnc([18F])cn1.CC(=O)c1cnc([N+](C)(C)C)cn1.CC(=O)c1cnc([N+](C)(C)C)cn1.CN(C)C.C[Si](C)(C)OS(=O)(=O)C(F)(F)F.O=C(O)c1cnc(Cl)cn1.Oc1c(F)c(F)cc(F)c1F.[2H]C#C.[Cl-]. The number of phenols is 1. The van der Waals surface area contributed by atoms with Crippen molar-refractivity contribution in [3.8, 4) is 18.6 Å². The molecule has 7 aromatic heterocycles. The molecule has 1 aromatic carbocycles. The van der Waals surface area contributed by atoms with Crippen LogP contribution in [-0.4, -0.2) is 224 Å². The van der Waals surface area contributed by atoms with Crippen LogP contribution in [0, 0.1) is 48.0 Å². The minimum absolute atomic E-state index is 0. The second-order valence-electron chi connectivity index (χ2n) is 23.9. The highest BCUT2D eigenvalue weighted by molar-refractivity contribution is 7.88. The number of carbonyl (C=O) groups excluding carboxylic acids is 6. The molecule has 0 unspecified atom stereocenters. The summed E-state index contributed by atoms with van der Waals surface area (Å²) < 4.78 is 144. The number of ether oxygens (including phenoxy) is 1. The lowest BCUT2D eigenvalue weighted by atomic mass is 10.3. The van der Waals surface area contributed by atoms with E-state index in [1.807, 2.05) is 68.3 Å². The summed E-state index contributed by atoms with van der Waals surface area (Å²) in [4.78, 5) is 128. The molecule has 8 heterocycles. The van der Waals surface area contributed by atoms with Crippen molar-refractivity contribution in [1.82, 2.24) is 83.6 Å². The number of Topliss-reactive ketones (excluding diaryl/α,β-unsaturated/α-hetero) is 6. The molecule has 1 aliphatic heterocycles. The average molecular weight is 1730 g/mol. The van der Waals surface area contributed by atoms with Crippen molar-refractivity contribution in [3.05, 3.63) is 183 Å². The van der Waals surface area contributed by atoms with Crippen LogP contribution in [0.2, 0.25) is 35.1 Å². The Bertz CT molecular complexity index is 3960. The Morgan fingerprint density at radius 3 is 0.894 bits per heavy atom. The molecule has 624 valence electrons. The van der Waals surface area contributed by atoms with Gasteiger partial charge in [-0.25, -0.2) is 83.4 Å². The number of phenolic OH excluding ortho intramolecular Hbond substituents is 1. The van der Waals surface area contributed by atoms with E-state index in [1.165, 1.54) is 124 Å². The highest BCUT2D eigenvalue weighted by Crippen LogP contribution is 2.28. The van der Waals surface area contributed by atoms with Gasteiger partial charge in [-0.05, 0) is 53.6 Å². The third-order valence-electron chi connectivity index (χ3n) is 10.7. The van der Waals surface area contributed by atoms with E-state index in [2.05, 4.69) is 80.1 Å². The zero-order chi connectivity index (χ0) is 86.5. The minimum Gasteiger partial charge on any atom is -1.00 e. The molecule has 9 rings (SSSR count). The summed E-state index contributed by atoms with van der Waals surface area (Å²) in [5.74, 6) is -10.00. The second kappa shape index (κ2) is 56.4. The van der Waals surface area contributed by atoms with Gasteiger partial charge in [0.2, 0.25) is 43.5 Å². The maximum atomic E-state index is 12.1. The number of rotatable bonds is 11. The molecular formula is C68H89Cl4F9N17O13SSi+. The van der Waals surface area contributed by atoms with Crippen molar-refractivity contribution in [2.75, 3.05) is 76.6 Å². The Labute approximate surface area is 672 Å². The van der Waals surface area contributed by atoms with E-state index in [4.69, 9.17) is 51.1 Å². The van der Waals surface area contributed by atoms with E-state index >= 15 is 0 Å². The van der Waals surface area contributed by atoms with Crippen molar-refractivity contribution in [2.24, 2.45) is 0 Å². The van der Waals surface area contributed by atoms with Crippen molar-refractivity contribution in [1.29, 1.82) is 0 Å². The first-order valence-corrected chi connectivity index (χ1v) is 36.5. The predicted molar refractivity (Wildman–Crippen MR) is 406 cm³/mol. The number of carboxylic acid groups (broad SMARTS) is 1. The Hall–Kier alpha value is -9.87. The monoisotopic (exact) mass is 1720 g/mol. The van der Waals surface area contributed by atoms with E-state index in [0.717, 1.165) is 55.8 Å². The average Bonchev–Trinajstić information content (AvgIpc) is 0.912. The maximum absolute atomic E-state index is 12.1. The number of ketones is 6. The molecule has 8 aromatic rings. The van der Waals surface area contributed by atoms with Gasteiger partial charge in [0.1, 0.15) is 63.4 Å². The number of quaternary nitrogens is 2. The number of aromatic hydroxyl groups is 1. The van der Waals surface area contributed by atoms with E-state index in [1.54, 1.807) is 12.4 Å². The van der Waals surface area contributed by atoms with E-state index in [0.29, 0.717) is 42.0 Å². The zero-order valence-corrected chi connectivity index (χ0v) is 67.7. The summed E-state index contributed by atoms with van der Waals surface area (Å²) in [6, 6.07) is 0.0182. The molecule has 2 N–H and O–H groups in total. The van der Waals surface area contributed by atoms with E-state index < -0.39 is 70.8 Å². The molecular weight excluding hydrogens is 1630 g/mol. The van der Waals surface area contributed by atoms with Crippen LogP contribution in [0.15, 0.2) is 92.8 Å². The fourth-order valence-corrected chi connectivity index (χ4v) is 8.85. The van der Waals surface area contributed by atoms with Gasteiger partial charge in [0.25, 0.3) is 0 Å². The molecule has 0 saturated carbocycles. The number of aromatic nitrogens is 14. The molecule has 1 saturated heterocycles. The van der Waals surface area contributed by atoms with Crippen molar-refractivity contribution < 1.29 is 114 Å². The van der Waals surface area contributed by atoms with Gasteiger partial charge in [0.15, 0.2) is 57.8 Å². The lowest BCUT2D eigenvalue weighted by Gasteiger charge is -2.20. The molecule has 0 atom stereocenters. The third-order valence-corrected chi connectivity index (χ3v) is 14.7. The van der Waals surface area contributed by atoms with Gasteiger partial charge in [0.05, 0.1) is 117 Å². The molecule has 30 nitrogen and oxygen atoms in total. The Morgan fingerprint density at radius 2 is 0.735 bits per heavy atom. The summed E-state index contributed by atoms with van der Waals surface area (Å²) in [5, 5.41) is 17.4. The summed E-state index contributed by atoms with van der Waals surface area (Å²) in [5.41, 5.74) is -3.55. The summed E-state index contributed by atoms with van der Waals surface area (Å²) >= 11 is 16.2. The number of terminal acetylenes is 1. The first-order chi connectivity index (χ1) is 51.0. The van der Waals surface area contributed by atoms with Crippen LogP contribution in [0.5, 0.6) is 5.75 Å². The largest absolute Gasteiger partial charge is 1.00 e. The lowest BCUT2D eigenvalue weighted by Crippen LogP contribution is -3.00. The van der Waals surface area contributed by atoms with Gasteiger partial charge in [-0.3, -0.25) is 37.7 Å². The molecule has 0 spiro atoms. The van der Waals surface area contributed by atoms with Crippen molar-refractivity contribution in [2.45, 2.75) is 94.4 Å². The second-order valence-corrected chi connectivity index (χ2v) is 31.3. The van der Waals surface area contributed by atoms with Gasteiger partial charge in [-0.15, -0.1) is 12.8 Å². The van der Waals surface area contributed by atoms with Gasteiger partial charge >= 0.3 is 21.6 Å². The summed E-state index contributed by atoms with van der Waals surface area (Å²) in [7, 11) is 9.88. The number of hydrogen-bond acceptors (Lipinski definition) is 27. The standard InChI is InChI=1S/2C9H14N3O.2C6H5ClN2O.C6H2F4O.2C6H5FN2O.C5H3ClN2O2.C4H9F3O3SSi.C4H8O.C3H9N.C2H2.2CH4.ClH/c2*1-7(13)8-5-11-9(6-10-8)12(2,3)4;2*1-4(10)5-2-9-6(7)3-8-5;7-2-1-3(8)5(10)6(11)4(2)9;2*1-4(10)5-2-9-6(7)3-8-5;6-4-2-7-3(1-8-4)5(9)10;1-12(2,3)10-11(8,9)4(5,6)7;1-2-4-5-3-1;1-4(2)3;1-2;;;/h2*5-6H,1-4H3;2*2-3H,1H3;1,11H;2*2-3H,1H3;1-2H,(H,9,10);1-3H3;1-4H2;1-3H3;1-2H;2*1H4;1H/q2*+1;;;;;;;;;;;;;/p-1/i;;;;;7-1;;;;;;1D;;;. The van der Waals surface area contributed by atoms with E-state index in [9.17, 15) is 81.5 Å². The van der Waals surface area contributed by atoms with Crippen LogP contribution in [0.1, 0.15) is 144 Å². The highest BCUT2D eigenvalue weighted by Gasteiger charge is 2.49. The number of benzene rings is 1. The number of alkyl halides is 3. The summed E-state index contributed by atoms with van der Waals surface area (Å²) in [6.45, 7) is 14.6. The van der Waals surface area contributed by atoms with Crippen LogP contribution >= 0.6 is 34.8 Å². The molecule has 0 radical (unpaired) electrons. The summed E-state index contributed by atoms with van der Waals surface area (Å²) in [6.07, 6.45) is 26.3. The van der Waals surface area contributed by atoms with Crippen molar-refractivity contribution in [3.63, 3.8) is 0 Å². The van der Waals surface area contributed by atoms with Crippen LogP contribution in [0.3, 0.4) is 0 Å². The number of aromatic carboxylic acids is 1. The molecule has 0 bridgehead atoms. The van der Waals surface area contributed by atoms with Gasteiger partial charge in [0, 0.05) is 60.8 Å². The van der Waals surface area contributed by atoms with Gasteiger partial charge < -0.3 is 36.1 Å². The quantitative estimate of drug-likeness (QED) is 0.0231. The Kier molecular flexibility index (Phi) is 55.7. The van der Waals surface area contributed by atoms with Gasteiger partial charge in [-0.2, -0.15) is 39.2 Å². The molecule has 1 aliphatic rings. The van der Waals surface area contributed by atoms with Crippen LogP contribution in [0.4, 0.5) is 51.1 Å². The molecule has 1 fully saturated rings. The topological polar surface area (TPSA) is 396 Å². The van der Waals surface area contributed by atoms with Crippen LogP contribution in [0.25, 0.3) is 0 Å². The van der Waals surface area contributed by atoms with Crippen LogP contribution in [-0.2, 0) is 18.7 Å². The maximum Gasteiger partial charge on any atom is 0.522 e. The fraction of sp³-hybridized carbons (Fsp3) is 0.368. The number of carbonyl (C=O) groups is 7. The molecule has 113 heavy (non-hydrogen) atoms. The van der Waals surface area contributed by atoms with Crippen LogP contribution < -0.4 is 21.4 Å². The minimum atomic E-state index is -5.39. The first kappa shape index (κ1) is 112. The Balaban J connectivity index is -0.000000282. The van der Waals surface area contributed by atoms with Gasteiger partial charge in [-0.1, -0.05) is 49.7 Å². The highest BCUT2D eigenvalue weighted by atomic mass is 35.5. The predicted octanol–water partition coefficient (Wildman–Crippen LogP) is 10.0. The number of halogens is 13. The smallest absolute Gasteiger partial charge is 0.522 e. The van der Waals surface area contributed by atoms with Crippen molar-refractivity contribution >= 4 is 106 Å². The lowest BCUT2D eigenvalue weighted by molar-refractivity contribution is -0.0503. The first-order valence-electron chi connectivity index (χ1n) is 31.0. The number of carboxylic acids is 1. The molecule has 0 aliphatic carbocycles. The molecule has 45 heteroatoms. The normalized spacial score (nSPS) is 10.8. The zero-order valence-electron chi connectivity index (χ0n) is 63.9. The fourth-order valence-electron chi connectivity index (χ4n) is 5.55. The van der Waals surface area contributed by atoms with E-state index in [-0.39, 0.29) is 90.3 Å².